The lowest BCUT2D eigenvalue weighted by Gasteiger charge is -2.18. The van der Waals surface area contributed by atoms with Crippen molar-refractivity contribution in [3.8, 4) is 0 Å². The first-order valence-corrected chi connectivity index (χ1v) is 9.36. The molecule has 1 saturated carbocycles. The quantitative estimate of drug-likeness (QED) is 0.569. The first kappa shape index (κ1) is 15.7. The highest BCUT2D eigenvalue weighted by molar-refractivity contribution is 7.99. The maximum absolute atomic E-state index is 6.07. The van der Waals surface area contributed by atoms with Crippen molar-refractivity contribution in [2.45, 2.75) is 36.2 Å². The lowest BCUT2D eigenvalue weighted by molar-refractivity contribution is 0.643. The Balaban J connectivity index is 1.72. The van der Waals surface area contributed by atoms with E-state index in [1.54, 1.807) is 11.8 Å². The normalized spacial score (nSPS) is 15.4. The summed E-state index contributed by atoms with van der Waals surface area (Å²) < 4.78 is 2.29. The summed E-state index contributed by atoms with van der Waals surface area (Å²) in [6.07, 6.45) is 2.45. The molecule has 1 atom stereocenters. The van der Waals surface area contributed by atoms with Crippen molar-refractivity contribution in [1.82, 2.24) is 14.8 Å². The summed E-state index contributed by atoms with van der Waals surface area (Å²) in [6, 6.07) is 19.2. The molecule has 1 aliphatic carbocycles. The molecule has 5 heteroatoms. The van der Waals surface area contributed by atoms with E-state index in [2.05, 4.69) is 51.2 Å². The van der Waals surface area contributed by atoms with Crippen LogP contribution in [0.5, 0.6) is 0 Å². The first-order chi connectivity index (χ1) is 11.7. The molecule has 0 radical (unpaired) electrons. The Morgan fingerprint density at radius 1 is 1.00 bits per heavy atom. The molecule has 0 bridgehead atoms. The third-order valence-corrected chi connectivity index (χ3v) is 5.77. The van der Waals surface area contributed by atoms with E-state index in [4.69, 9.17) is 11.6 Å². The zero-order valence-electron chi connectivity index (χ0n) is 13.4. The molecule has 0 N–H and O–H groups in total. The van der Waals surface area contributed by atoms with Gasteiger partial charge in [-0.25, -0.2) is 0 Å². The molecule has 1 fully saturated rings. The second-order valence-corrected chi connectivity index (χ2v) is 7.60. The minimum Gasteiger partial charge on any atom is -0.303 e. The maximum Gasteiger partial charge on any atom is 0.192 e. The molecule has 1 aromatic heterocycles. The zero-order chi connectivity index (χ0) is 16.5. The highest BCUT2D eigenvalue weighted by Crippen LogP contribution is 2.44. The Kier molecular flexibility index (Phi) is 4.33. The summed E-state index contributed by atoms with van der Waals surface area (Å²) in [6.45, 7) is 2.04. The van der Waals surface area contributed by atoms with Gasteiger partial charge in [-0.15, -0.1) is 10.2 Å². The van der Waals surface area contributed by atoms with Crippen molar-refractivity contribution in [2.24, 2.45) is 0 Å². The van der Waals surface area contributed by atoms with Crippen molar-refractivity contribution < 1.29 is 0 Å². The van der Waals surface area contributed by atoms with Gasteiger partial charge in [0, 0.05) is 11.1 Å². The monoisotopic (exact) mass is 355 g/mol. The van der Waals surface area contributed by atoms with Gasteiger partial charge in [-0.2, -0.15) is 0 Å². The highest BCUT2D eigenvalue weighted by atomic mass is 35.5. The van der Waals surface area contributed by atoms with E-state index in [-0.39, 0.29) is 5.25 Å². The molecule has 122 valence electrons. The van der Waals surface area contributed by atoms with Crippen LogP contribution in [0.1, 0.15) is 41.1 Å². The van der Waals surface area contributed by atoms with Crippen molar-refractivity contribution in [3.63, 3.8) is 0 Å². The van der Waals surface area contributed by atoms with Gasteiger partial charge < -0.3 is 4.57 Å². The number of rotatable bonds is 5. The van der Waals surface area contributed by atoms with E-state index in [9.17, 15) is 0 Å². The summed E-state index contributed by atoms with van der Waals surface area (Å²) in [5.41, 5.74) is 2.48. The van der Waals surface area contributed by atoms with E-state index in [0.717, 1.165) is 16.0 Å². The number of hydrogen-bond donors (Lipinski definition) is 0. The van der Waals surface area contributed by atoms with E-state index in [1.165, 1.54) is 24.0 Å². The van der Waals surface area contributed by atoms with Gasteiger partial charge in [0.2, 0.25) is 0 Å². The number of benzene rings is 2. The Labute approximate surface area is 151 Å². The molecule has 3 aromatic rings. The highest BCUT2D eigenvalue weighted by Gasteiger charge is 2.30. The third kappa shape index (κ3) is 3.21. The molecule has 0 unspecified atom stereocenters. The van der Waals surface area contributed by atoms with Gasteiger partial charge in [-0.05, 0) is 43.0 Å². The summed E-state index contributed by atoms with van der Waals surface area (Å²) >= 11 is 7.83. The summed E-state index contributed by atoms with van der Waals surface area (Å²) in [5, 5.41) is 10.7. The SMILES string of the molecule is Cc1nnc(S[C@@H](c2ccccc2)c2ccc(Cl)cc2)n1C1CC1. The minimum atomic E-state index is 0.171. The summed E-state index contributed by atoms with van der Waals surface area (Å²) in [5.74, 6) is 1.00. The second-order valence-electron chi connectivity index (χ2n) is 6.09. The van der Waals surface area contributed by atoms with Gasteiger partial charge in [-0.3, -0.25) is 0 Å². The molecule has 3 nitrogen and oxygen atoms in total. The fourth-order valence-electron chi connectivity index (χ4n) is 2.88. The van der Waals surface area contributed by atoms with E-state index < -0.39 is 0 Å². The smallest absolute Gasteiger partial charge is 0.192 e. The molecular weight excluding hydrogens is 338 g/mol. The van der Waals surface area contributed by atoms with Gasteiger partial charge in [-0.1, -0.05) is 65.8 Å². The first-order valence-electron chi connectivity index (χ1n) is 8.11. The van der Waals surface area contributed by atoms with Gasteiger partial charge in [0.15, 0.2) is 5.16 Å². The molecule has 0 spiro atoms. The Morgan fingerprint density at radius 2 is 1.67 bits per heavy atom. The van der Waals surface area contributed by atoms with E-state index in [0.29, 0.717) is 6.04 Å². The largest absolute Gasteiger partial charge is 0.303 e. The number of thioether (sulfide) groups is 1. The van der Waals surface area contributed by atoms with Gasteiger partial charge in [0.1, 0.15) is 5.82 Å². The topological polar surface area (TPSA) is 30.7 Å². The standard InChI is InChI=1S/C19H18ClN3S/c1-13-21-22-19(23(13)17-11-12-17)24-18(14-5-3-2-4-6-14)15-7-9-16(20)10-8-15/h2-10,17-18H,11-12H2,1H3/t18-/m0/s1. The fourth-order valence-corrected chi connectivity index (χ4v) is 4.29. The molecule has 1 aliphatic rings. The molecule has 1 heterocycles. The average Bonchev–Trinajstić information content (AvgIpc) is 3.38. The van der Waals surface area contributed by atoms with Crippen LogP contribution < -0.4 is 0 Å². The van der Waals surface area contributed by atoms with Crippen LogP contribution in [0.15, 0.2) is 59.8 Å². The molecule has 4 rings (SSSR count). The van der Waals surface area contributed by atoms with Crippen LogP contribution in [0, 0.1) is 6.92 Å². The molecule has 0 aliphatic heterocycles. The Morgan fingerprint density at radius 3 is 2.33 bits per heavy atom. The molecule has 24 heavy (non-hydrogen) atoms. The van der Waals surface area contributed by atoms with Crippen LogP contribution in [0.25, 0.3) is 0 Å². The van der Waals surface area contributed by atoms with Crippen molar-refractivity contribution in [1.29, 1.82) is 0 Å². The Hall–Kier alpha value is -1.78. The van der Waals surface area contributed by atoms with Crippen LogP contribution >= 0.6 is 23.4 Å². The number of aromatic nitrogens is 3. The van der Waals surface area contributed by atoms with Crippen LogP contribution in [0.4, 0.5) is 0 Å². The number of hydrogen-bond acceptors (Lipinski definition) is 3. The molecule has 2 aromatic carbocycles. The predicted octanol–water partition coefficient (Wildman–Crippen LogP) is 5.46. The van der Waals surface area contributed by atoms with E-state index in [1.807, 2.05) is 25.1 Å². The summed E-state index contributed by atoms with van der Waals surface area (Å²) in [4.78, 5) is 0. The lowest BCUT2D eigenvalue weighted by atomic mass is 10.0. The van der Waals surface area contributed by atoms with Crippen LogP contribution in [-0.4, -0.2) is 14.8 Å². The summed E-state index contributed by atoms with van der Waals surface area (Å²) in [7, 11) is 0. The Bertz CT molecular complexity index is 826. The maximum atomic E-state index is 6.07. The van der Waals surface area contributed by atoms with Crippen LogP contribution in [-0.2, 0) is 0 Å². The minimum absolute atomic E-state index is 0.171. The number of halogens is 1. The van der Waals surface area contributed by atoms with Gasteiger partial charge in [0.25, 0.3) is 0 Å². The van der Waals surface area contributed by atoms with Crippen molar-refractivity contribution in [2.75, 3.05) is 0 Å². The second kappa shape index (κ2) is 6.61. The fraction of sp³-hybridized carbons (Fsp3) is 0.263. The predicted molar refractivity (Wildman–Crippen MR) is 98.6 cm³/mol. The number of aryl methyl sites for hydroxylation is 1. The van der Waals surface area contributed by atoms with Crippen LogP contribution in [0.2, 0.25) is 5.02 Å². The molecule has 0 amide bonds. The average molecular weight is 356 g/mol. The molecule has 0 saturated heterocycles. The number of nitrogens with zero attached hydrogens (tertiary/aromatic N) is 3. The zero-order valence-corrected chi connectivity index (χ0v) is 15.0. The van der Waals surface area contributed by atoms with Crippen molar-refractivity contribution in [3.05, 3.63) is 76.6 Å². The lowest BCUT2D eigenvalue weighted by Crippen LogP contribution is -2.03. The molecular formula is C19H18ClN3S. The van der Waals surface area contributed by atoms with Gasteiger partial charge >= 0.3 is 0 Å². The third-order valence-electron chi connectivity index (χ3n) is 4.25. The van der Waals surface area contributed by atoms with Gasteiger partial charge in [0.05, 0.1) is 5.25 Å². The van der Waals surface area contributed by atoms with E-state index >= 15 is 0 Å². The van der Waals surface area contributed by atoms with Crippen molar-refractivity contribution >= 4 is 23.4 Å². The van der Waals surface area contributed by atoms with Crippen LogP contribution in [0.3, 0.4) is 0 Å².